The lowest BCUT2D eigenvalue weighted by Crippen LogP contribution is -2.01. The highest BCUT2D eigenvalue weighted by Gasteiger charge is 2.01. The van der Waals surface area contributed by atoms with Gasteiger partial charge in [-0.15, -0.1) is 11.3 Å². The molecule has 17 heavy (non-hydrogen) atoms. The summed E-state index contributed by atoms with van der Waals surface area (Å²) in [7, 11) is 0. The monoisotopic (exact) mass is 251 g/mol. The molecule has 2 aromatic rings. The van der Waals surface area contributed by atoms with E-state index in [1.54, 1.807) is 17.5 Å². The molecular formula is C12H10FNO2S. The summed E-state index contributed by atoms with van der Waals surface area (Å²) in [5, 5.41) is 2.56. The highest BCUT2D eigenvalue weighted by molar-refractivity contribution is 7.09. The Balaban J connectivity index is 1.83. The number of carbonyl (C=O) groups excluding carboxylic acids is 1. The summed E-state index contributed by atoms with van der Waals surface area (Å²) in [5.41, 5.74) is 0.451. The Morgan fingerprint density at radius 1 is 1.35 bits per heavy atom. The molecule has 3 nitrogen and oxygen atoms in total. The molecule has 0 aliphatic heterocycles. The van der Waals surface area contributed by atoms with Crippen LogP contribution >= 0.6 is 11.3 Å². The second kappa shape index (κ2) is 5.54. The normalized spacial score (nSPS) is 10.2. The first kappa shape index (κ1) is 11.7. The molecule has 1 heterocycles. The molecule has 0 aliphatic carbocycles. The van der Waals surface area contributed by atoms with Crippen molar-refractivity contribution in [2.24, 2.45) is 0 Å². The van der Waals surface area contributed by atoms with Crippen molar-refractivity contribution in [2.45, 2.75) is 6.42 Å². The third-order valence-electron chi connectivity index (χ3n) is 2.09. The summed E-state index contributed by atoms with van der Waals surface area (Å²) in [5.74, 6) is 0.339. The summed E-state index contributed by atoms with van der Waals surface area (Å²) >= 11 is 1.43. The van der Waals surface area contributed by atoms with Crippen LogP contribution in [0.1, 0.15) is 15.5 Å². The zero-order valence-corrected chi connectivity index (χ0v) is 9.74. The molecule has 0 aliphatic rings. The summed E-state index contributed by atoms with van der Waals surface area (Å²) < 4.78 is 18.0. The van der Waals surface area contributed by atoms with Crippen LogP contribution in [0, 0.1) is 5.82 Å². The van der Waals surface area contributed by atoms with Gasteiger partial charge in [0.05, 0.1) is 11.6 Å². The maximum atomic E-state index is 12.6. The smallest absolute Gasteiger partial charge is 0.169 e. The molecule has 1 aromatic heterocycles. The van der Waals surface area contributed by atoms with Gasteiger partial charge in [0, 0.05) is 11.8 Å². The van der Waals surface area contributed by atoms with Gasteiger partial charge in [-0.3, -0.25) is 4.79 Å². The molecule has 0 radical (unpaired) electrons. The van der Waals surface area contributed by atoms with E-state index in [-0.39, 0.29) is 5.82 Å². The minimum Gasteiger partial charge on any atom is -0.493 e. The maximum absolute atomic E-state index is 12.6. The predicted molar refractivity (Wildman–Crippen MR) is 63.1 cm³/mol. The minimum atomic E-state index is -0.284. The molecule has 0 spiro atoms. The highest BCUT2D eigenvalue weighted by atomic mass is 32.1. The van der Waals surface area contributed by atoms with Crippen molar-refractivity contribution in [3.8, 4) is 5.75 Å². The largest absolute Gasteiger partial charge is 0.493 e. The second-order valence-electron chi connectivity index (χ2n) is 3.34. The van der Waals surface area contributed by atoms with Gasteiger partial charge in [0.15, 0.2) is 6.29 Å². The standard InChI is InChI=1S/C12H10FNO2S/c13-9-1-3-11(4-2-9)16-6-5-12-14-10(7-15)8-17-12/h1-4,7-8H,5-6H2. The number of hydrogen-bond donors (Lipinski definition) is 0. The van der Waals surface area contributed by atoms with Gasteiger partial charge in [-0.2, -0.15) is 0 Å². The van der Waals surface area contributed by atoms with E-state index >= 15 is 0 Å². The number of rotatable bonds is 5. The van der Waals surface area contributed by atoms with Crippen molar-refractivity contribution in [1.82, 2.24) is 4.98 Å². The van der Waals surface area contributed by atoms with Crippen LogP contribution in [0.2, 0.25) is 0 Å². The maximum Gasteiger partial charge on any atom is 0.169 e. The van der Waals surface area contributed by atoms with Crippen LogP contribution in [0.5, 0.6) is 5.75 Å². The highest BCUT2D eigenvalue weighted by Crippen LogP contribution is 2.13. The molecule has 1 aromatic carbocycles. The first-order valence-electron chi connectivity index (χ1n) is 5.06. The topological polar surface area (TPSA) is 39.2 Å². The molecule has 0 saturated heterocycles. The van der Waals surface area contributed by atoms with Crippen LogP contribution in [-0.4, -0.2) is 17.9 Å². The van der Waals surface area contributed by atoms with Gasteiger partial charge in [0.1, 0.15) is 17.3 Å². The van der Waals surface area contributed by atoms with E-state index in [1.165, 1.54) is 23.5 Å². The first-order valence-corrected chi connectivity index (χ1v) is 5.94. The SMILES string of the molecule is O=Cc1csc(CCOc2ccc(F)cc2)n1. The summed E-state index contributed by atoms with van der Waals surface area (Å²) in [6.45, 7) is 0.456. The van der Waals surface area contributed by atoms with Gasteiger partial charge in [-0.1, -0.05) is 0 Å². The molecule has 5 heteroatoms. The first-order chi connectivity index (χ1) is 8.28. The van der Waals surface area contributed by atoms with Crippen molar-refractivity contribution < 1.29 is 13.9 Å². The fourth-order valence-corrected chi connectivity index (χ4v) is 2.01. The molecular weight excluding hydrogens is 241 g/mol. The third-order valence-corrected chi connectivity index (χ3v) is 3.02. The molecule has 88 valence electrons. The van der Waals surface area contributed by atoms with Gasteiger partial charge >= 0.3 is 0 Å². The molecule has 0 bridgehead atoms. The number of carbonyl (C=O) groups is 1. The van der Waals surface area contributed by atoms with Gasteiger partial charge in [0.2, 0.25) is 0 Å². The number of thiazole rings is 1. The lowest BCUT2D eigenvalue weighted by Gasteiger charge is -2.03. The molecule has 0 saturated carbocycles. The predicted octanol–water partition coefficient (Wildman–Crippen LogP) is 2.72. The fourth-order valence-electron chi connectivity index (χ4n) is 1.28. The van der Waals surface area contributed by atoms with E-state index in [0.29, 0.717) is 24.5 Å². The van der Waals surface area contributed by atoms with Crippen LogP contribution in [0.25, 0.3) is 0 Å². The number of aromatic nitrogens is 1. The Bertz CT molecular complexity index is 495. The van der Waals surface area contributed by atoms with Crippen LogP contribution < -0.4 is 4.74 Å². The zero-order valence-electron chi connectivity index (χ0n) is 8.93. The van der Waals surface area contributed by atoms with Crippen molar-refractivity contribution in [3.05, 3.63) is 46.2 Å². The zero-order chi connectivity index (χ0) is 12.1. The Labute approximate surface area is 102 Å². The van der Waals surface area contributed by atoms with Gasteiger partial charge in [0.25, 0.3) is 0 Å². The Hall–Kier alpha value is -1.75. The van der Waals surface area contributed by atoms with E-state index in [2.05, 4.69) is 4.98 Å². The van der Waals surface area contributed by atoms with E-state index in [9.17, 15) is 9.18 Å². The Morgan fingerprint density at radius 3 is 2.76 bits per heavy atom. The van der Waals surface area contributed by atoms with Gasteiger partial charge < -0.3 is 4.74 Å². The average molecular weight is 251 g/mol. The van der Waals surface area contributed by atoms with Crippen LogP contribution in [0.4, 0.5) is 4.39 Å². The van der Waals surface area contributed by atoms with Crippen molar-refractivity contribution in [3.63, 3.8) is 0 Å². The number of hydrogen-bond acceptors (Lipinski definition) is 4. The van der Waals surface area contributed by atoms with E-state index in [0.717, 1.165) is 11.3 Å². The number of benzene rings is 1. The molecule has 0 amide bonds. The Morgan fingerprint density at radius 2 is 2.12 bits per heavy atom. The number of ether oxygens (including phenoxy) is 1. The van der Waals surface area contributed by atoms with Crippen molar-refractivity contribution >= 4 is 17.6 Å². The van der Waals surface area contributed by atoms with Crippen LogP contribution in [0.15, 0.2) is 29.6 Å². The quantitative estimate of drug-likeness (QED) is 0.767. The third kappa shape index (κ3) is 3.35. The van der Waals surface area contributed by atoms with E-state index in [1.807, 2.05) is 0 Å². The summed E-state index contributed by atoms with van der Waals surface area (Å²) in [4.78, 5) is 14.5. The molecule has 0 N–H and O–H groups in total. The minimum absolute atomic E-state index is 0.284. The lowest BCUT2D eigenvalue weighted by atomic mass is 10.3. The number of aldehydes is 1. The second-order valence-corrected chi connectivity index (χ2v) is 4.28. The fraction of sp³-hybridized carbons (Fsp3) is 0.167. The molecule has 2 rings (SSSR count). The molecule has 0 unspecified atom stereocenters. The van der Waals surface area contributed by atoms with Crippen LogP contribution in [0.3, 0.4) is 0 Å². The van der Waals surface area contributed by atoms with E-state index < -0.39 is 0 Å². The van der Waals surface area contributed by atoms with Crippen molar-refractivity contribution in [1.29, 1.82) is 0 Å². The average Bonchev–Trinajstić information content (AvgIpc) is 2.80. The Kier molecular flexibility index (Phi) is 3.82. The number of halogens is 1. The lowest BCUT2D eigenvalue weighted by molar-refractivity contribution is 0.111. The molecule has 0 fully saturated rings. The summed E-state index contributed by atoms with van der Waals surface area (Å²) in [6.07, 6.45) is 1.36. The van der Waals surface area contributed by atoms with Crippen LogP contribution in [-0.2, 0) is 6.42 Å². The van der Waals surface area contributed by atoms with Gasteiger partial charge in [-0.05, 0) is 24.3 Å². The number of nitrogens with zero attached hydrogens (tertiary/aromatic N) is 1. The molecule has 0 atom stereocenters. The van der Waals surface area contributed by atoms with E-state index in [4.69, 9.17) is 4.74 Å². The van der Waals surface area contributed by atoms with Gasteiger partial charge in [-0.25, -0.2) is 9.37 Å². The summed E-state index contributed by atoms with van der Waals surface area (Å²) in [6, 6.07) is 5.86. The van der Waals surface area contributed by atoms with Crippen molar-refractivity contribution in [2.75, 3.05) is 6.61 Å².